The maximum absolute atomic E-state index is 11.2. The Morgan fingerprint density at radius 2 is 2.29 bits per heavy atom. The number of esters is 2. The monoisotopic (exact) mass is 198 g/mol. The van der Waals surface area contributed by atoms with Crippen molar-refractivity contribution in [3.05, 3.63) is 11.6 Å². The first-order chi connectivity index (χ1) is 6.47. The van der Waals surface area contributed by atoms with Crippen molar-refractivity contribution in [1.29, 1.82) is 0 Å². The van der Waals surface area contributed by atoms with Gasteiger partial charge in [-0.1, -0.05) is 13.8 Å². The highest BCUT2D eigenvalue weighted by Crippen LogP contribution is 2.33. The number of carbonyl (C=O) groups is 2. The number of ether oxygens (including phenoxy) is 2. The summed E-state index contributed by atoms with van der Waals surface area (Å²) >= 11 is 0. The maximum atomic E-state index is 11.2. The lowest BCUT2D eigenvalue weighted by molar-refractivity contribution is -0.139. The highest BCUT2D eigenvalue weighted by molar-refractivity contribution is 5.98. The molecule has 1 saturated heterocycles. The second-order valence-corrected chi connectivity index (χ2v) is 3.77. The molecular weight excluding hydrogens is 184 g/mol. The van der Waals surface area contributed by atoms with Crippen LogP contribution in [0.3, 0.4) is 0 Å². The van der Waals surface area contributed by atoms with E-state index in [1.54, 1.807) is 6.92 Å². The largest absolute Gasteiger partial charge is 0.463 e. The van der Waals surface area contributed by atoms with E-state index in [1.807, 2.05) is 13.8 Å². The molecular formula is C10H14O4. The molecule has 0 amide bonds. The van der Waals surface area contributed by atoms with Gasteiger partial charge in [0.05, 0.1) is 12.2 Å². The fraction of sp³-hybridized carbons (Fsp3) is 0.600. The molecule has 0 spiro atoms. The first-order valence-corrected chi connectivity index (χ1v) is 4.53. The molecule has 1 aliphatic rings. The molecule has 0 bridgehead atoms. The summed E-state index contributed by atoms with van der Waals surface area (Å²) in [5.41, 5.74) is -0.0138. The van der Waals surface area contributed by atoms with Crippen molar-refractivity contribution in [2.45, 2.75) is 20.8 Å². The van der Waals surface area contributed by atoms with Crippen molar-refractivity contribution >= 4 is 11.9 Å². The summed E-state index contributed by atoms with van der Waals surface area (Å²) in [5, 5.41) is 0. The van der Waals surface area contributed by atoms with Crippen LogP contribution in [0, 0.1) is 5.41 Å². The molecule has 0 radical (unpaired) electrons. The smallest absolute Gasteiger partial charge is 0.334 e. The average Bonchev–Trinajstić information content (AvgIpc) is 2.32. The molecule has 14 heavy (non-hydrogen) atoms. The maximum Gasteiger partial charge on any atom is 0.334 e. The molecule has 1 rings (SSSR count). The van der Waals surface area contributed by atoms with Crippen LogP contribution in [0.5, 0.6) is 0 Å². The molecule has 0 aromatic carbocycles. The van der Waals surface area contributed by atoms with Crippen molar-refractivity contribution in [2.75, 3.05) is 13.2 Å². The Kier molecular flexibility index (Phi) is 2.93. The molecule has 0 aromatic rings. The number of hydrogen-bond donors (Lipinski definition) is 0. The van der Waals surface area contributed by atoms with E-state index in [9.17, 15) is 9.59 Å². The van der Waals surface area contributed by atoms with Crippen molar-refractivity contribution < 1.29 is 19.1 Å². The molecule has 0 N–H and O–H groups in total. The zero-order chi connectivity index (χ0) is 10.8. The van der Waals surface area contributed by atoms with Crippen LogP contribution in [-0.2, 0) is 19.1 Å². The van der Waals surface area contributed by atoms with Crippen LogP contribution in [-0.4, -0.2) is 25.2 Å². The van der Waals surface area contributed by atoms with Gasteiger partial charge in [0.2, 0.25) is 0 Å². The zero-order valence-electron chi connectivity index (χ0n) is 8.62. The first-order valence-electron chi connectivity index (χ1n) is 4.53. The molecule has 0 atom stereocenters. The van der Waals surface area contributed by atoms with Crippen LogP contribution in [0.1, 0.15) is 20.8 Å². The van der Waals surface area contributed by atoms with Crippen molar-refractivity contribution in [1.82, 2.24) is 0 Å². The van der Waals surface area contributed by atoms with Gasteiger partial charge in [-0.25, -0.2) is 9.59 Å². The second-order valence-electron chi connectivity index (χ2n) is 3.77. The fourth-order valence-corrected chi connectivity index (χ4v) is 1.23. The van der Waals surface area contributed by atoms with E-state index >= 15 is 0 Å². The standard InChI is InChI=1S/C10H14O4/c1-4-13-8(11)5-7-9(12)14-6-10(7,2)3/h5H,4,6H2,1-3H3/b7-5-. The van der Waals surface area contributed by atoms with E-state index in [0.29, 0.717) is 18.8 Å². The van der Waals surface area contributed by atoms with Crippen LogP contribution in [0.2, 0.25) is 0 Å². The Labute approximate surface area is 82.9 Å². The lowest BCUT2D eigenvalue weighted by atomic mass is 9.87. The molecule has 0 unspecified atom stereocenters. The minimum Gasteiger partial charge on any atom is -0.463 e. The van der Waals surface area contributed by atoms with E-state index < -0.39 is 17.4 Å². The van der Waals surface area contributed by atoms with E-state index in [-0.39, 0.29) is 0 Å². The normalized spacial score (nSPS) is 22.2. The topological polar surface area (TPSA) is 52.6 Å². The molecule has 78 valence electrons. The minimum absolute atomic E-state index is 0.304. The van der Waals surface area contributed by atoms with Gasteiger partial charge in [-0.15, -0.1) is 0 Å². The molecule has 1 fully saturated rings. The van der Waals surface area contributed by atoms with Gasteiger partial charge in [-0.3, -0.25) is 0 Å². The summed E-state index contributed by atoms with van der Waals surface area (Å²) < 4.78 is 9.57. The fourth-order valence-electron chi connectivity index (χ4n) is 1.23. The number of cyclic esters (lactones) is 1. The molecule has 0 aliphatic carbocycles. The Morgan fingerprint density at radius 3 is 2.71 bits per heavy atom. The SMILES string of the molecule is CCOC(=O)/C=C1/C(=O)OCC1(C)C. The lowest BCUT2D eigenvalue weighted by Gasteiger charge is -2.13. The quantitative estimate of drug-likeness (QED) is 0.491. The van der Waals surface area contributed by atoms with Crippen LogP contribution in [0.25, 0.3) is 0 Å². The molecule has 0 saturated carbocycles. The summed E-state index contributed by atoms with van der Waals surface area (Å²) in [7, 11) is 0. The van der Waals surface area contributed by atoms with E-state index in [4.69, 9.17) is 9.47 Å². The van der Waals surface area contributed by atoms with Crippen LogP contribution >= 0.6 is 0 Å². The van der Waals surface area contributed by atoms with Gasteiger partial charge < -0.3 is 9.47 Å². The number of rotatable bonds is 2. The predicted molar refractivity (Wildman–Crippen MR) is 49.5 cm³/mol. The summed E-state index contributed by atoms with van der Waals surface area (Å²) in [6, 6.07) is 0. The van der Waals surface area contributed by atoms with Gasteiger partial charge >= 0.3 is 11.9 Å². The van der Waals surface area contributed by atoms with E-state index in [1.165, 1.54) is 6.08 Å². The summed E-state index contributed by atoms with van der Waals surface area (Å²) in [6.07, 6.45) is 1.22. The van der Waals surface area contributed by atoms with Gasteiger partial charge in [-0.2, -0.15) is 0 Å². The van der Waals surface area contributed by atoms with Crippen LogP contribution < -0.4 is 0 Å². The summed E-state index contributed by atoms with van der Waals surface area (Å²) in [5.74, 6) is -0.919. The molecule has 1 aliphatic heterocycles. The Balaban J connectivity index is 2.84. The van der Waals surface area contributed by atoms with E-state index in [0.717, 1.165) is 0 Å². The number of hydrogen-bond acceptors (Lipinski definition) is 4. The van der Waals surface area contributed by atoms with Crippen LogP contribution in [0.15, 0.2) is 11.6 Å². The van der Waals surface area contributed by atoms with Gasteiger partial charge in [0.25, 0.3) is 0 Å². The number of carbonyl (C=O) groups excluding carboxylic acids is 2. The van der Waals surface area contributed by atoms with Gasteiger partial charge in [0.15, 0.2) is 0 Å². The van der Waals surface area contributed by atoms with Crippen molar-refractivity contribution in [3.8, 4) is 0 Å². The molecule has 4 nitrogen and oxygen atoms in total. The highest BCUT2D eigenvalue weighted by Gasteiger charge is 2.38. The molecule has 0 aromatic heterocycles. The van der Waals surface area contributed by atoms with Gasteiger partial charge in [0, 0.05) is 11.5 Å². The lowest BCUT2D eigenvalue weighted by Crippen LogP contribution is -2.16. The average molecular weight is 198 g/mol. The highest BCUT2D eigenvalue weighted by atomic mass is 16.5. The third-order valence-electron chi connectivity index (χ3n) is 2.06. The minimum atomic E-state index is -0.491. The third kappa shape index (κ3) is 2.13. The van der Waals surface area contributed by atoms with Crippen LogP contribution in [0.4, 0.5) is 0 Å². The van der Waals surface area contributed by atoms with Crippen molar-refractivity contribution in [3.63, 3.8) is 0 Å². The Morgan fingerprint density at radius 1 is 1.64 bits per heavy atom. The third-order valence-corrected chi connectivity index (χ3v) is 2.06. The first kappa shape index (κ1) is 10.8. The Hall–Kier alpha value is -1.32. The predicted octanol–water partition coefficient (Wildman–Crippen LogP) is 1.06. The zero-order valence-corrected chi connectivity index (χ0v) is 8.62. The van der Waals surface area contributed by atoms with Gasteiger partial charge in [-0.05, 0) is 6.92 Å². The summed E-state index contributed by atoms with van der Waals surface area (Å²) in [6.45, 7) is 6.04. The molecule has 4 heteroatoms. The Bertz CT molecular complexity index is 288. The second kappa shape index (κ2) is 3.82. The van der Waals surface area contributed by atoms with Gasteiger partial charge in [0.1, 0.15) is 6.61 Å². The van der Waals surface area contributed by atoms with E-state index in [2.05, 4.69) is 0 Å². The summed E-state index contributed by atoms with van der Waals surface area (Å²) in [4.78, 5) is 22.4. The molecule has 1 heterocycles. The van der Waals surface area contributed by atoms with Crippen molar-refractivity contribution in [2.24, 2.45) is 5.41 Å².